The molecule has 0 saturated carbocycles. The Hall–Kier alpha value is -0.613. The largest absolute Gasteiger partial charge is 0.469 e. The maximum absolute atomic E-state index is 11.0. The number of methoxy groups -OCH3 is 1. The number of esters is 1. The maximum atomic E-state index is 11.0. The van der Waals surface area contributed by atoms with E-state index >= 15 is 0 Å². The monoisotopic (exact) mass is 356 g/mol. The fourth-order valence-corrected chi connectivity index (χ4v) is 3.76. The van der Waals surface area contributed by atoms with E-state index in [-0.39, 0.29) is 12.1 Å². The molecule has 1 atom stereocenters. The van der Waals surface area contributed by atoms with E-state index in [1.165, 1.54) is 52.1 Å². The van der Waals surface area contributed by atoms with Gasteiger partial charge in [-0.25, -0.2) is 0 Å². The SMILES string of the molecule is CCCCC/C=C/C(CCCCCCCC(=O)OC)O[Si](C)(C)C. The standard InChI is InChI=1S/C20H40O3Si/c1-6-7-8-10-13-16-19(23-24(3,4)5)17-14-11-9-12-15-18-20(21)22-2/h13,16,19H,6-12,14-15,17-18H2,1-5H3/b16-13+. The summed E-state index contributed by atoms with van der Waals surface area (Å²) >= 11 is 0. The van der Waals surface area contributed by atoms with Gasteiger partial charge in [0.2, 0.25) is 0 Å². The summed E-state index contributed by atoms with van der Waals surface area (Å²) in [6.07, 6.45) is 17.3. The Labute approximate surface area is 151 Å². The molecule has 4 heteroatoms. The zero-order valence-electron chi connectivity index (χ0n) is 16.7. The molecule has 0 bridgehead atoms. The minimum atomic E-state index is -1.50. The number of rotatable bonds is 15. The van der Waals surface area contributed by atoms with Crippen LogP contribution in [-0.4, -0.2) is 27.5 Å². The molecule has 3 nitrogen and oxygen atoms in total. The van der Waals surface area contributed by atoms with Gasteiger partial charge in [-0.15, -0.1) is 0 Å². The van der Waals surface area contributed by atoms with Crippen molar-refractivity contribution in [1.29, 1.82) is 0 Å². The smallest absolute Gasteiger partial charge is 0.305 e. The molecular weight excluding hydrogens is 316 g/mol. The predicted octanol–water partition coefficient (Wildman–Crippen LogP) is 6.25. The molecule has 0 rings (SSSR count). The van der Waals surface area contributed by atoms with Gasteiger partial charge < -0.3 is 9.16 Å². The van der Waals surface area contributed by atoms with Crippen molar-refractivity contribution < 1.29 is 14.0 Å². The van der Waals surface area contributed by atoms with Crippen LogP contribution in [0.2, 0.25) is 19.6 Å². The van der Waals surface area contributed by atoms with Crippen LogP contribution in [0.15, 0.2) is 12.2 Å². The van der Waals surface area contributed by atoms with E-state index in [4.69, 9.17) is 4.43 Å². The Kier molecular flexibility index (Phi) is 14.3. The van der Waals surface area contributed by atoms with E-state index in [9.17, 15) is 4.79 Å². The maximum Gasteiger partial charge on any atom is 0.305 e. The van der Waals surface area contributed by atoms with Gasteiger partial charge in [0, 0.05) is 6.42 Å². The average Bonchev–Trinajstić information content (AvgIpc) is 2.51. The molecule has 1 unspecified atom stereocenters. The van der Waals surface area contributed by atoms with E-state index in [0.717, 1.165) is 19.3 Å². The van der Waals surface area contributed by atoms with Crippen molar-refractivity contribution in [3.8, 4) is 0 Å². The highest BCUT2D eigenvalue weighted by molar-refractivity contribution is 6.69. The van der Waals surface area contributed by atoms with Gasteiger partial charge in [-0.05, 0) is 45.3 Å². The highest BCUT2D eigenvalue weighted by atomic mass is 28.4. The Balaban J connectivity index is 3.93. The summed E-state index contributed by atoms with van der Waals surface area (Å²) in [4.78, 5) is 11.0. The summed E-state index contributed by atoms with van der Waals surface area (Å²) in [7, 11) is -0.0412. The van der Waals surface area contributed by atoms with Crippen LogP contribution in [-0.2, 0) is 14.0 Å². The van der Waals surface area contributed by atoms with Crippen LogP contribution >= 0.6 is 0 Å². The summed E-state index contributed by atoms with van der Waals surface area (Å²) in [5.41, 5.74) is 0. The fraction of sp³-hybridized carbons (Fsp3) is 0.850. The van der Waals surface area contributed by atoms with Crippen LogP contribution in [0, 0.1) is 0 Å². The Morgan fingerprint density at radius 1 is 1.00 bits per heavy atom. The molecule has 0 radical (unpaired) electrons. The van der Waals surface area contributed by atoms with E-state index < -0.39 is 8.32 Å². The van der Waals surface area contributed by atoms with Gasteiger partial charge in [-0.3, -0.25) is 4.79 Å². The third-order valence-corrected chi connectivity index (χ3v) is 4.94. The van der Waals surface area contributed by atoms with Crippen molar-refractivity contribution in [2.24, 2.45) is 0 Å². The van der Waals surface area contributed by atoms with Crippen LogP contribution in [0.5, 0.6) is 0 Å². The van der Waals surface area contributed by atoms with Gasteiger partial charge in [0.05, 0.1) is 13.2 Å². The molecule has 142 valence electrons. The minimum absolute atomic E-state index is 0.0909. The van der Waals surface area contributed by atoms with Crippen molar-refractivity contribution in [3.05, 3.63) is 12.2 Å². The van der Waals surface area contributed by atoms with Crippen molar-refractivity contribution >= 4 is 14.3 Å². The minimum Gasteiger partial charge on any atom is -0.469 e. The lowest BCUT2D eigenvalue weighted by Gasteiger charge is -2.24. The van der Waals surface area contributed by atoms with Gasteiger partial charge in [0.25, 0.3) is 0 Å². The van der Waals surface area contributed by atoms with Crippen molar-refractivity contribution in [1.82, 2.24) is 0 Å². The number of carbonyl (C=O) groups excluding carboxylic acids is 1. The molecule has 24 heavy (non-hydrogen) atoms. The lowest BCUT2D eigenvalue weighted by atomic mass is 10.1. The highest BCUT2D eigenvalue weighted by Crippen LogP contribution is 2.16. The van der Waals surface area contributed by atoms with E-state index in [1.807, 2.05) is 0 Å². The zero-order valence-corrected chi connectivity index (χ0v) is 17.7. The summed E-state index contributed by atoms with van der Waals surface area (Å²) in [6, 6.07) is 0. The molecule has 0 aromatic heterocycles. The molecule has 0 aromatic rings. The number of carbonyl (C=O) groups is 1. The number of allylic oxidation sites excluding steroid dienone is 1. The molecule has 0 aliphatic heterocycles. The molecule has 0 spiro atoms. The van der Waals surface area contributed by atoms with Crippen molar-refractivity contribution in [2.45, 2.75) is 103 Å². The Bertz CT molecular complexity index is 334. The number of hydrogen-bond donors (Lipinski definition) is 0. The molecule has 0 fully saturated rings. The van der Waals surface area contributed by atoms with Gasteiger partial charge in [-0.2, -0.15) is 0 Å². The first-order chi connectivity index (χ1) is 11.4. The third-order valence-electron chi connectivity index (χ3n) is 3.93. The van der Waals surface area contributed by atoms with Crippen molar-refractivity contribution in [3.63, 3.8) is 0 Å². The number of unbranched alkanes of at least 4 members (excludes halogenated alkanes) is 7. The molecule has 0 saturated heterocycles. The van der Waals surface area contributed by atoms with Gasteiger partial charge in [-0.1, -0.05) is 57.6 Å². The first-order valence-electron chi connectivity index (χ1n) is 9.80. The van der Waals surface area contributed by atoms with E-state index in [1.54, 1.807) is 0 Å². The lowest BCUT2D eigenvalue weighted by Crippen LogP contribution is -2.31. The Morgan fingerprint density at radius 3 is 2.29 bits per heavy atom. The number of hydrogen-bond acceptors (Lipinski definition) is 3. The van der Waals surface area contributed by atoms with Gasteiger partial charge in [0.15, 0.2) is 8.32 Å². The quantitative estimate of drug-likeness (QED) is 0.151. The van der Waals surface area contributed by atoms with Crippen LogP contribution in [0.4, 0.5) is 0 Å². The summed E-state index contributed by atoms with van der Waals surface area (Å²) < 4.78 is 11.0. The zero-order chi connectivity index (χ0) is 18.3. The fourth-order valence-electron chi connectivity index (χ4n) is 2.66. The molecule has 0 heterocycles. The van der Waals surface area contributed by atoms with Crippen LogP contribution in [0.1, 0.15) is 77.6 Å². The molecule has 0 aromatic carbocycles. The summed E-state index contributed by atoms with van der Waals surface area (Å²) in [5.74, 6) is -0.0909. The van der Waals surface area contributed by atoms with Crippen LogP contribution < -0.4 is 0 Å². The summed E-state index contributed by atoms with van der Waals surface area (Å²) in [6.45, 7) is 9.03. The lowest BCUT2D eigenvalue weighted by molar-refractivity contribution is -0.140. The molecule has 0 amide bonds. The van der Waals surface area contributed by atoms with Crippen LogP contribution in [0.25, 0.3) is 0 Å². The van der Waals surface area contributed by atoms with Gasteiger partial charge >= 0.3 is 5.97 Å². The molecular formula is C20H40O3Si. The Morgan fingerprint density at radius 2 is 1.67 bits per heavy atom. The molecule has 0 aliphatic rings. The van der Waals surface area contributed by atoms with Crippen molar-refractivity contribution in [2.75, 3.05) is 7.11 Å². The second-order valence-electron chi connectivity index (χ2n) is 7.58. The highest BCUT2D eigenvalue weighted by Gasteiger charge is 2.19. The first kappa shape index (κ1) is 23.4. The topological polar surface area (TPSA) is 35.5 Å². The second kappa shape index (κ2) is 14.7. The first-order valence-corrected chi connectivity index (χ1v) is 13.2. The second-order valence-corrected chi connectivity index (χ2v) is 12.0. The third kappa shape index (κ3) is 16.3. The number of ether oxygens (including phenoxy) is 1. The average molecular weight is 357 g/mol. The predicted molar refractivity (Wildman–Crippen MR) is 106 cm³/mol. The normalized spacial score (nSPS) is 13.4. The molecule has 0 N–H and O–H groups in total. The molecule has 0 aliphatic carbocycles. The van der Waals surface area contributed by atoms with E-state index in [2.05, 4.69) is 43.5 Å². The van der Waals surface area contributed by atoms with Gasteiger partial charge in [0.1, 0.15) is 0 Å². The van der Waals surface area contributed by atoms with E-state index in [0.29, 0.717) is 6.42 Å². The van der Waals surface area contributed by atoms with Crippen LogP contribution in [0.3, 0.4) is 0 Å². The summed E-state index contributed by atoms with van der Waals surface area (Å²) in [5, 5.41) is 0.